The van der Waals surface area contributed by atoms with Gasteiger partial charge in [-0.25, -0.2) is 4.98 Å². The number of anilines is 1. The van der Waals surface area contributed by atoms with E-state index in [1.807, 2.05) is 37.3 Å². The number of hydrogen-bond donors (Lipinski definition) is 0. The Labute approximate surface area is 115 Å². The van der Waals surface area contributed by atoms with Gasteiger partial charge in [0.05, 0.1) is 0 Å². The fourth-order valence-electron chi connectivity index (χ4n) is 1.75. The number of carbonyl (C=O) groups is 1. The van der Waals surface area contributed by atoms with E-state index in [9.17, 15) is 4.79 Å². The number of carbonyl (C=O) groups excluding carboxylic acids is 1. The molecule has 0 bridgehead atoms. The fourth-order valence-corrected chi connectivity index (χ4v) is 2.18. The number of amides is 1. The van der Waals surface area contributed by atoms with Crippen molar-refractivity contribution in [3.8, 4) is 0 Å². The summed E-state index contributed by atoms with van der Waals surface area (Å²) in [6, 6.07) is 11.4. The molecule has 92 valence electrons. The predicted molar refractivity (Wildman–Crippen MR) is 75.8 cm³/mol. The highest BCUT2D eigenvalue weighted by Crippen LogP contribution is 2.22. The minimum Gasteiger partial charge on any atom is -0.310 e. The van der Waals surface area contributed by atoms with Gasteiger partial charge >= 0.3 is 0 Å². The molecular weight excluding hydrogens is 292 g/mol. The van der Waals surface area contributed by atoms with Crippen LogP contribution in [0.15, 0.2) is 47.1 Å². The lowest BCUT2D eigenvalue weighted by molar-refractivity contribution is 0.0987. The Hall–Kier alpha value is -1.68. The SMILES string of the molecule is Cc1ccccc1N(C)C(=O)c1ncccc1Br. The van der Waals surface area contributed by atoms with Crippen molar-refractivity contribution in [2.75, 3.05) is 11.9 Å². The Kier molecular flexibility index (Phi) is 3.77. The second-order valence-corrected chi connectivity index (χ2v) is 4.84. The second-order valence-electron chi connectivity index (χ2n) is 3.98. The lowest BCUT2D eigenvalue weighted by Gasteiger charge is -2.19. The van der Waals surface area contributed by atoms with Crippen LogP contribution in [0.1, 0.15) is 16.1 Å². The summed E-state index contributed by atoms with van der Waals surface area (Å²) in [6.07, 6.45) is 1.61. The van der Waals surface area contributed by atoms with Crippen LogP contribution in [0.5, 0.6) is 0 Å². The van der Waals surface area contributed by atoms with Gasteiger partial charge in [-0.15, -0.1) is 0 Å². The lowest BCUT2D eigenvalue weighted by atomic mass is 10.2. The minimum atomic E-state index is -0.128. The van der Waals surface area contributed by atoms with Crippen LogP contribution in [0.2, 0.25) is 0 Å². The summed E-state index contributed by atoms with van der Waals surface area (Å²) in [6.45, 7) is 1.98. The van der Waals surface area contributed by atoms with Crippen LogP contribution >= 0.6 is 15.9 Å². The van der Waals surface area contributed by atoms with Crippen LogP contribution in [0.25, 0.3) is 0 Å². The average molecular weight is 305 g/mol. The third kappa shape index (κ3) is 2.43. The first-order valence-electron chi connectivity index (χ1n) is 5.55. The molecule has 0 saturated heterocycles. The Balaban J connectivity index is 2.36. The molecule has 0 aliphatic rings. The number of aryl methyl sites for hydroxylation is 1. The van der Waals surface area contributed by atoms with Crippen molar-refractivity contribution >= 4 is 27.5 Å². The summed E-state index contributed by atoms with van der Waals surface area (Å²) in [5.74, 6) is -0.128. The smallest absolute Gasteiger partial charge is 0.277 e. The van der Waals surface area contributed by atoms with Gasteiger partial charge in [0.2, 0.25) is 0 Å². The standard InChI is InChI=1S/C14H13BrN2O/c1-10-6-3-4-8-12(10)17(2)14(18)13-11(15)7-5-9-16-13/h3-9H,1-2H3. The zero-order valence-electron chi connectivity index (χ0n) is 10.2. The third-order valence-electron chi connectivity index (χ3n) is 2.74. The van der Waals surface area contributed by atoms with Gasteiger partial charge in [-0.3, -0.25) is 4.79 Å². The van der Waals surface area contributed by atoms with E-state index in [4.69, 9.17) is 0 Å². The number of halogens is 1. The molecule has 0 spiro atoms. The second kappa shape index (κ2) is 5.31. The van der Waals surface area contributed by atoms with E-state index < -0.39 is 0 Å². The van der Waals surface area contributed by atoms with Gasteiger partial charge in [-0.05, 0) is 46.6 Å². The molecule has 4 heteroatoms. The van der Waals surface area contributed by atoms with Gasteiger partial charge in [-0.1, -0.05) is 18.2 Å². The van der Waals surface area contributed by atoms with Crippen LogP contribution in [0, 0.1) is 6.92 Å². The summed E-state index contributed by atoms with van der Waals surface area (Å²) >= 11 is 3.35. The molecule has 0 unspecified atom stereocenters. The Morgan fingerprint density at radius 2 is 1.94 bits per heavy atom. The zero-order valence-corrected chi connectivity index (χ0v) is 11.8. The molecule has 0 N–H and O–H groups in total. The van der Waals surface area contributed by atoms with Crippen molar-refractivity contribution in [2.45, 2.75) is 6.92 Å². The molecule has 0 aliphatic carbocycles. The van der Waals surface area contributed by atoms with E-state index in [-0.39, 0.29) is 5.91 Å². The van der Waals surface area contributed by atoms with E-state index >= 15 is 0 Å². The number of nitrogens with zero attached hydrogens (tertiary/aromatic N) is 2. The normalized spacial score (nSPS) is 10.2. The quantitative estimate of drug-likeness (QED) is 0.851. The molecule has 0 saturated carbocycles. The number of pyridine rings is 1. The molecule has 1 aromatic heterocycles. The summed E-state index contributed by atoms with van der Waals surface area (Å²) in [5.41, 5.74) is 2.36. The van der Waals surface area contributed by atoms with Crippen LogP contribution in [0.3, 0.4) is 0 Å². The largest absolute Gasteiger partial charge is 0.310 e. The number of rotatable bonds is 2. The van der Waals surface area contributed by atoms with Crippen molar-refractivity contribution in [1.82, 2.24) is 4.98 Å². The molecule has 0 fully saturated rings. The monoisotopic (exact) mass is 304 g/mol. The summed E-state index contributed by atoms with van der Waals surface area (Å²) < 4.78 is 0.704. The lowest BCUT2D eigenvalue weighted by Crippen LogP contribution is -2.28. The van der Waals surface area contributed by atoms with E-state index in [2.05, 4.69) is 20.9 Å². The van der Waals surface area contributed by atoms with Crippen LogP contribution in [-0.2, 0) is 0 Å². The van der Waals surface area contributed by atoms with Crippen molar-refractivity contribution in [3.63, 3.8) is 0 Å². The van der Waals surface area contributed by atoms with Gasteiger partial charge in [0.25, 0.3) is 5.91 Å². The van der Waals surface area contributed by atoms with E-state index in [1.54, 1.807) is 24.2 Å². The fraction of sp³-hybridized carbons (Fsp3) is 0.143. The number of hydrogen-bond acceptors (Lipinski definition) is 2. The molecule has 2 aromatic rings. The van der Waals surface area contributed by atoms with E-state index in [1.165, 1.54) is 0 Å². The Morgan fingerprint density at radius 1 is 1.22 bits per heavy atom. The van der Waals surface area contributed by atoms with Crippen molar-refractivity contribution < 1.29 is 4.79 Å². The highest BCUT2D eigenvalue weighted by atomic mass is 79.9. The molecule has 1 amide bonds. The van der Waals surface area contributed by atoms with E-state index in [0.717, 1.165) is 11.3 Å². The molecule has 1 heterocycles. The van der Waals surface area contributed by atoms with Crippen LogP contribution in [-0.4, -0.2) is 17.9 Å². The topological polar surface area (TPSA) is 33.2 Å². The Bertz CT molecular complexity index is 584. The first kappa shape index (κ1) is 12.8. The molecule has 18 heavy (non-hydrogen) atoms. The van der Waals surface area contributed by atoms with Crippen LogP contribution < -0.4 is 4.90 Å². The van der Waals surface area contributed by atoms with Gasteiger partial charge < -0.3 is 4.90 Å². The average Bonchev–Trinajstić information content (AvgIpc) is 2.38. The maximum atomic E-state index is 12.4. The summed E-state index contributed by atoms with van der Waals surface area (Å²) in [4.78, 5) is 18.1. The zero-order chi connectivity index (χ0) is 13.1. The predicted octanol–water partition coefficient (Wildman–Crippen LogP) is 3.43. The minimum absolute atomic E-state index is 0.128. The number of para-hydroxylation sites is 1. The van der Waals surface area contributed by atoms with E-state index in [0.29, 0.717) is 10.2 Å². The molecule has 2 rings (SSSR count). The summed E-state index contributed by atoms with van der Waals surface area (Å²) in [7, 11) is 1.76. The van der Waals surface area contributed by atoms with Crippen molar-refractivity contribution in [1.29, 1.82) is 0 Å². The van der Waals surface area contributed by atoms with Gasteiger partial charge in [0.15, 0.2) is 0 Å². The number of aromatic nitrogens is 1. The van der Waals surface area contributed by atoms with Gasteiger partial charge in [-0.2, -0.15) is 0 Å². The van der Waals surface area contributed by atoms with Crippen LogP contribution in [0.4, 0.5) is 5.69 Å². The highest BCUT2D eigenvalue weighted by molar-refractivity contribution is 9.10. The third-order valence-corrected chi connectivity index (χ3v) is 3.38. The maximum absolute atomic E-state index is 12.4. The van der Waals surface area contributed by atoms with Gasteiger partial charge in [0.1, 0.15) is 5.69 Å². The first-order chi connectivity index (χ1) is 8.61. The molecule has 0 radical (unpaired) electrons. The van der Waals surface area contributed by atoms with Crippen molar-refractivity contribution in [2.24, 2.45) is 0 Å². The molecule has 3 nitrogen and oxygen atoms in total. The molecule has 1 aromatic carbocycles. The maximum Gasteiger partial charge on any atom is 0.277 e. The highest BCUT2D eigenvalue weighted by Gasteiger charge is 2.18. The molecular formula is C14H13BrN2O. The van der Waals surface area contributed by atoms with Gasteiger partial charge in [0, 0.05) is 23.4 Å². The Morgan fingerprint density at radius 3 is 2.61 bits per heavy atom. The number of benzene rings is 1. The molecule has 0 atom stereocenters. The first-order valence-corrected chi connectivity index (χ1v) is 6.35. The summed E-state index contributed by atoms with van der Waals surface area (Å²) in [5, 5.41) is 0. The molecule has 0 aliphatic heterocycles. The van der Waals surface area contributed by atoms with Crippen molar-refractivity contribution in [3.05, 3.63) is 58.3 Å².